The van der Waals surface area contributed by atoms with Crippen LogP contribution in [0.5, 0.6) is 0 Å². The second-order valence-corrected chi connectivity index (χ2v) is 6.94. The summed E-state index contributed by atoms with van der Waals surface area (Å²) in [5, 5.41) is 6.84. The molecule has 24 heavy (non-hydrogen) atoms. The number of likely N-dealkylation sites (tertiary alicyclic amines) is 1. The van der Waals surface area contributed by atoms with Crippen LogP contribution in [0.1, 0.15) is 26.7 Å². The molecule has 138 valence electrons. The van der Waals surface area contributed by atoms with Crippen molar-refractivity contribution in [2.75, 3.05) is 59.9 Å². The molecule has 1 amide bonds. The Hall–Kier alpha value is -1.34. The highest BCUT2D eigenvalue weighted by Crippen LogP contribution is 2.11. The molecule has 2 N–H and O–H groups in total. The quantitative estimate of drug-likeness (QED) is 0.537. The van der Waals surface area contributed by atoms with Crippen LogP contribution in [0, 0.1) is 0 Å². The summed E-state index contributed by atoms with van der Waals surface area (Å²) in [5.41, 5.74) is 0. The van der Waals surface area contributed by atoms with E-state index in [1.807, 2.05) is 11.8 Å². The first-order valence-electron chi connectivity index (χ1n) is 9.24. The Morgan fingerprint density at radius 1 is 1.17 bits per heavy atom. The summed E-state index contributed by atoms with van der Waals surface area (Å²) >= 11 is 0. The van der Waals surface area contributed by atoms with E-state index >= 15 is 0 Å². The van der Waals surface area contributed by atoms with Crippen molar-refractivity contribution in [1.82, 2.24) is 25.3 Å². The molecule has 2 aliphatic heterocycles. The molecule has 0 saturated carbocycles. The third-order valence-electron chi connectivity index (χ3n) is 4.97. The zero-order valence-corrected chi connectivity index (χ0v) is 15.7. The molecule has 2 atom stereocenters. The Balaban J connectivity index is 1.88. The highest BCUT2D eigenvalue weighted by Gasteiger charge is 2.26. The zero-order chi connectivity index (χ0) is 17.5. The van der Waals surface area contributed by atoms with Crippen molar-refractivity contribution in [2.45, 2.75) is 38.8 Å². The van der Waals surface area contributed by atoms with Crippen LogP contribution in [0.2, 0.25) is 0 Å². The maximum Gasteiger partial charge on any atom is 0.222 e. The fourth-order valence-corrected chi connectivity index (χ4v) is 3.34. The summed E-state index contributed by atoms with van der Waals surface area (Å²) in [5.74, 6) is 1.11. The SMILES string of the molecule is CCNC(=NCC1CN(C)CCN1C)NC1CCN(C(=O)CC)C1. The fraction of sp³-hybridized carbons (Fsp3) is 0.882. The minimum Gasteiger partial charge on any atom is -0.357 e. The first kappa shape index (κ1) is 19.0. The van der Waals surface area contributed by atoms with E-state index in [1.165, 1.54) is 0 Å². The van der Waals surface area contributed by atoms with Crippen LogP contribution in [-0.4, -0.2) is 98.6 Å². The van der Waals surface area contributed by atoms with Gasteiger partial charge in [-0.1, -0.05) is 6.92 Å². The molecule has 0 aromatic carbocycles. The second-order valence-electron chi connectivity index (χ2n) is 6.94. The van der Waals surface area contributed by atoms with Gasteiger partial charge in [0.2, 0.25) is 5.91 Å². The summed E-state index contributed by atoms with van der Waals surface area (Å²) in [6, 6.07) is 0.756. The molecular weight excluding hydrogens is 304 g/mol. The Morgan fingerprint density at radius 2 is 1.96 bits per heavy atom. The average molecular weight is 339 g/mol. The van der Waals surface area contributed by atoms with Crippen molar-refractivity contribution < 1.29 is 4.79 Å². The van der Waals surface area contributed by atoms with E-state index in [9.17, 15) is 4.79 Å². The minimum atomic E-state index is 0.244. The number of nitrogens with zero attached hydrogens (tertiary/aromatic N) is 4. The summed E-state index contributed by atoms with van der Waals surface area (Å²) < 4.78 is 0. The maximum absolute atomic E-state index is 11.8. The second kappa shape index (κ2) is 9.22. The predicted octanol–water partition coefficient (Wildman–Crippen LogP) is -0.202. The molecular formula is C17H34N6O. The lowest BCUT2D eigenvalue weighted by molar-refractivity contribution is -0.129. The number of rotatable bonds is 5. The number of hydrogen-bond acceptors (Lipinski definition) is 4. The Bertz CT molecular complexity index is 441. The van der Waals surface area contributed by atoms with Gasteiger partial charge in [0.25, 0.3) is 0 Å². The van der Waals surface area contributed by atoms with Crippen molar-refractivity contribution >= 4 is 11.9 Å². The van der Waals surface area contributed by atoms with Gasteiger partial charge in [-0.05, 0) is 27.4 Å². The maximum atomic E-state index is 11.8. The van der Waals surface area contributed by atoms with Gasteiger partial charge >= 0.3 is 0 Å². The van der Waals surface area contributed by atoms with E-state index in [2.05, 4.69) is 41.5 Å². The van der Waals surface area contributed by atoms with Gasteiger partial charge in [0.05, 0.1) is 6.54 Å². The van der Waals surface area contributed by atoms with E-state index in [0.717, 1.165) is 58.2 Å². The van der Waals surface area contributed by atoms with Crippen molar-refractivity contribution in [3.63, 3.8) is 0 Å². The molecule has 7 heteroatoms. The topological polar surface area (TPSA) is 63.2 Å². The Kier molecular flexibility index (Phi) is 7.30. The number of aliphatic imine (C=N–C) groups is 1. The van der Waals surface area contributed by atoms with Crippen LogP contribution in [0.4, 0.5) is 0 Å². The number of amides is 1. The largest absolute Gasteiger partial charge is 0.357 e. The van der Waals surface area contributed by atoms with Crippen LogP contribution < -0.4 is 10.6 Å². The minimum absolute atomic E-state index is 0.244. The molecule has 0 aromatic rings. The van der Waals surface area contributed by atoms with E-state index < -0.39 is 0 Å². The Labute approximate surface area is 146 Å². The lowest BCUT2D eigenvalue weighted by Gasteiger charge is -2.37. The smallest absolute Gasteiger partial charge is 0.222 e. The van der Waals surface area contributed by atoms with Gasteiger partial charge in [0.15, 0.2) is 5.96 Å². The number of likely N-dealkylation sites (N-methyl/N-ethyl adjacent to an activating group) is 2. The van der Waals surface area contributed by atoms with Gasteiger partial charge in [0, 0.05) is 57.8 Å². The van der Waals surface area contributed by atoms with Crippen LogP contribution in [0.3, 0.4) is 0 Å². The van der Waals surface area contributed by atoms with Crippen molar-refractivity contribution in [3.8, 4) is 0 Å². The number of guanidine groups is 1. The number of nitrogens with one attached hydrogen (secondary N) is 2. The number of carbonyl (C=O) groups excluding carboxylic acids is 1. The van der Waals surface area contributed by atoms with Crippen LogP contribution in [-0.2, 0) is 4.79 Å². The number of hydrogen-bond donors (Lipinski definition) is 2. The first-order valence-corrected chi connectivity index (χ1v) is 9.24. The van der Waals surface area contributed by atoms with E-state index in [-0.39, 0.29) is 5.91 Å². The first-order chi connectivity index (χ1) is 11.5. The van der Waals surface area contributed by atoms with Gasteiger partial charge < -0.3 is 20.4 Å². The normalized spacial score (nSPS) is 26.7. The van der Waals surface area contributed by atoms with Crippen LogP contribution >= 0.6 is 0 Å². The van der Waals surface area contributed by atoms with E-state index in [0.29, 0.717) is 18.5 Å². The molecule has 2 fully saturated rings. The molecule has 0 spiro atoms. The summed E-state index contributed by atoms with van der Waals surface area (Å²) in [4.78, 5) is 23.3. The van der Waals surface area contributed by atoms with Gasteiger partial charge in [-0.15, -0.1) is 0 Å². The van der Waals surface area contributed by atoms with Crippen molar-refractivity contribution in [2.24, 2.45) is 4.99 Å². The molecule has 7 nitrogen and oxygen atoms in total. The lowest BCUT2D eigenvalue weighted by Crippen LogP contribution is -2.52. The molecule has 2 aliphatic rings. The molecule has 2 rings (SSSR count). The van der Waals surface area contributed by atoms with Crippen molar-refractivity contribution in [3.05, 3.63) is 0 Å². The van der Waals surface area contributed by atoms with Crippen LogP contribution in [0.15, 0.2) is 4.99 Å². The number of carbonyl (C=O) groups is 1. The monoisotopic (exact) mass is 338 g/mol. The molecule has 0 bridgehead atoms. The van der Waals surface area contributed by atoms with Gasteiger partial charge in [0.1, 0.15) is 0 Å². The highest BCUT2D eigenvalue weighted by atomic mass is 16.2. The van der Waals surface area contributed by atoms with Gasteiger partial charge in [-0.3, -0.25) is 14.7 Å². The molecule has 2 unspecified atom stereocenters. The van der Waals surface area contributed by atoms with E-state index in [4.69, 9.17) is 4.99 Å². The summed E-state index contributed by atoms with van der Waals surface area (Å²) in [7, 11) is 4.35. The van der Waals surface area contributed by atoms with E-state index in [1.54, 1.807) is 0 Å². The van der Waals surface area contributed by atoms with Crippen molar-refractivity contribution in [1.29, 1.82) is 0 Å². The average Bonchev–Trinajstić information content (AvgIpc) is 3.03. The number of piperazine rings is 1. The summed E-state index contributed by atoms with van der Waals surface area (Å²) in [6.07, 6.45) is 1.57. The highest BCUT2D eigenvalue weighted by molar-refractivity contribution is 5.80. The van der Waals surface area contributed by atoms with Gasteiger partial charge in [-0.2, -0.15) is 0 Å². The molecule has 0 radical (unpaired) electrons. The standard InChI is InChI=1S/C17H34N6O/c1-5-16(24)23-8-7-14(12-23)20-17(18-6-2)19-11-15-13-21(3)9-10-22(15)4/h14-15H,5-13H2,1-4H3,(H2,18,19,20). The fourth-order valence-electron chi connectivity index (χ4n) is 3.34. The third-order valence-corrected chi connectivity index (χ3v) is 4.97. The molecule has 0 aromatic heterocycles. The summed E-state index contributed by atoms with van der Waals surface area (Å²) in [6.45, 7) is 10.5. The Morgan fingerprint density at radius 3 is 2.67 bits per heavy atom. The zero-order valence-electron chi connectivity index (χ0n) is 15.7. The van der Waals surface area contributed by atoms with Crippen LogP contribution in [0.25, 0.3) is 0 Å². The third kappa shape index (κ3) is 5.34. The predicted molar refractivity (Wildman–Crippen MR) is 98.3 cm³/mol. The van der Waals surface area contributed by atoms with Gasteiger partial charge in [-0.25, -0.2) is 0 Å². The molecule has 2 saturated heterocycles. The lowest BCUT2D eigenvalue weighted by atomic mass is 10.2. The molecule has 2 heterocycles. The molecule has 0 aliphatic carbocycles.